The van der Waals surface area contributed by atoms with Crippen molar-refractivity contribution in [1.82, 2.24) is 4.31 Å². The Morgan fingerprint density at radius 1 is 1.07 bits per heavy atom. The maximum atomic E-state index is 12.4. The second-order valence-electron chi connectivity index (χ2n) is 6.69. The number of sulfonamides is 1. The van der Waals surface area contributed by atoms with Crippen molar-refractivity contribution in [2.24, 2.45) is 0 Å². The standard InChI is InChI=1S/C19H27NO6S/c1-6-20(7-2)27(23,24)16-11-8-15(9-12-16)10-13-17(21)25-14-18(22)26-19(3,4)5/h8-13H,6-7,14H2,1-5H3. The Morgan fingerprint density at radius 2 is 1.63 bits per heavy atom. The van der Waals surface area contributed by atoms with Gasteiger partial charge >= 0.3 is 11.9 Å². The number of benzene rings is 1. The molecule has 0 bridgehead atoms. The summed E-state index contributed by atoms with van der Waals surface area (Å²) in [6.07, 6.45) is 2.64. The lowest BCUT2D eigenvalue weighted by Crippen LogP contribution is -2.30. The monoisotopic (exact) mass is 397 g/mol. The SMILES string of the molecule is CCN(CC)S(=O)(=O)c1ccc(C=CC(=O)OCC(=O)OC(C)(C)C)cc1. The molecule has 0 aromatic heterocycles. The molecule has 150 valence electrons. The van der Waals surface area contributed by atoms with Crippen molar-refractivity contribution in [1.29, 1.82) is 0 Å². The fraction of sp³-hybridized carbons (Fsp3) is 0.474. The molecule has 0 fully saturated rings. The first-order valence-corrected chi connectivity index (χ1v) is 10.1. The third-order valence-electron chi connectivity index (χ3n) is 3.39. The molecule has 0 heterocycles. The summed E-state index contributed by atoms with van der Waals surface area (Å²) in [4.78, 5) is 23.3. The molecule has 1 aromatic rings. The van der Waals surface area contributed by atoms with Crippen LogP contribution in [0.25, 0.3) is 6.08 Å². The van der Waals surface area contributed by atoms with Crippen molar-refractivity contribution in [2.75, 3.05) is 19.7 Å². The summed E-state index contributed by atoms with van der Waals surface area (Å²) in [5.41, 5.74) is -0.0188. The number of ether oxygens (including phenoxy) is 2. The molecule has 0 amide bonds. The number of hydrogen-bond donors (Lipinski definition) is 0. The van der Waals surface area contributed by atoms with Gasteiger partial charge in [0.15, 0.2) is 6.61 Å². The molecule has 7 nitrogen and oxygen atoms in total. The van der Waals surface area contributed by atoms with Crippen molar-refractivity contribution in [3.63, 3.8) is 0 Å². The quantitative estimate of drug-likeness (QED) is 0.495. The van der Waals surface area contributed by atoms with Crippen LogP contribution in [0, 0.1) is 0 Å². The number of carbonyl (C=O) groups is 2. The van der Waals surface area contributed by atoms with Gasteiger partial charge in [0.1, 0.15) is 5.60 Å². The van der Waals surface area contributed by atoms with Gasteiger partial charge in [-0.2, -0.15) is 4.31 Å². The molecule has 8 heteroatoms. The Kier molecular flexibility index (Phi) is 8.18. The van der Waals surface area contributed by atoms with Gasteiger partial charge in [0.25, 0.3) is 0 Å². The normalized spacial score (nSPS) is 12.4. The molecule has 0 radical (unpaired) electrons. The highest BCUT2D eigenvalue weighted by Crippen LogP contribution is 2.16. The summed E-state index contributed by atoms with van der Waals surface area (Å²) in [7, 11) is -3.52. The zero-order valence-electron chi connectivity index (χ0n) is 16.4. The molecule has 0 aliphatic carbocycles. The van der Waals surface area contributed by atoms with E-state index in [-0.39, 0.29) is 4.90 Å². The second-order valence-corrected chi connectivity index (χ2v) is 8.62. The summed E-state index contributed by atoms with van der Waals surface area (Å²) in [5, 5.41) is 0. The number of esters is 2. The van der Waals surface area contributed by atoms with Crippen LogP contribution in [0.1, 0.15) is 40.2 Å². The van der Waals surface area contributed by atoms with E-state index >= 15 is 0 Å². The lowest BCUT2D eigenvalue weighted by atomic mass is 10.2. The third kappa shape index (κ3) is 7.52. The molecular formula is C19H27NO6S. The maximum absolute atomic E-state index is 12.4. The number of rotatable bonds is 8. The minimum atomic E-state index is -3.52. The predicted molar refractivity (Wildman–Crippen MR) is 102 cm³/mol. The molecule has 0 aliphatic heterocycles. The summed E-state index contributed by atoms with van der Waals surface area (Å²) in [6, 6.07) is 6.15. The van der Waals surface area contributed by atoms with E-state index in [4.69, 9.17) is 9.47 Å². The largest absolute Gasteiger partial charge is 0.457 e. The Bertz CT molecular complexity index is 771. The molecule has 0 spiro atoms. The Morgan fingerprint density at radius 3 is 2.11 bits per heavy atom. The van der Waals surface area contributed by atoms with E-state index < -0.39 is 34.2 Å². The molecule has 0 N–H and O–H groups in total. The molecule has 0 saturated carbocycles. The third-order valence-corrected chi connectivity index (χ3v) is 5.45. The fourth-order valence-corrected chi connectivity index (χ4v) is 3.63. The van der Waals surface area contributed by atoms with Gasteiger partial charge in [0, 0.05) is 19.2 Å². The molecule has 1 aromatic carbocycles. The van der Waals surface area contributed by atoms with E-state index in [2.05, 4.69) is 0 Å². The van der Waals surface area contributed by atoms with Crippen LogP contribution >= 0.6 is 0 Å². The highest BCUT2D eigenvalue weighted by Gasteiger charge is 2.21. The summed E-state index contributed by atoms with van der Waals surface area (Å²) < 4.78 is 36.0. The van der Waals surface area contributed by atoms with Crippen LogP contribution < -0.4 is 0 Å². The average Bonchev–Trinajstić information content (AvgIpc) is 2.58. The minimum absolute atomic E-state index is 0.191. The van der Waals surface area contributed by atoms with Gasteiger partial charge in [-0.1, -0.05) is 26.0 Å². The Labute approximate surface area is 161 Å². The van der Waals surface area contributed by atoms with Gasteiger partial charge in [-0.25, -0.2) is 18.0 Å². The summed E-state index contributed by atoms with van der Waals surface area (Å²) in [6.45, 7) is 9.03. The smallest absolute Gasteiger partial charge is 0.344 e. The molecular weight excluding hydrogens is 370 g/mol. The van der Waals surface area contributed by atoms with Crippen molar-refractivity contribution >= 4 is 28.0 Å². The van der Waals surface area contributed by atoms with Crippen LogP contribution in [-0.2, 0) is 29.1 Å². The highest BCUT2D eigenvalue weighted by atomic mass is 32.2. The minimum Gasteiger partial charge on any atom is -0.457 e. The first-order chi connectivity index (χ1) is 12.5. The number of nitrogens with zero attached hydrogens (tertiary/aromatic N) is 1. The van der Waals surface area contributed by atoms with Crippen LogP contribution in [-0.4, -0.2) is 50.0 Å². The van der Waals surface area contributed by atoms with Crippen LogP contribution in [0.2, 0.25) is 0 Å². The van der Waals surface area contributed by atoms with Crippen molar-refractivity contribution < 1.29 is 27.5 Å². The van der Waals surface area contributed by atoms with Crippen LogP contribution in [0.4, 0.5) is 0 Å². The van der Waals surface area contributed by atoms with Gasteiger partial charge in [-0.15, -0.1) is 0 Å². The van der Waals surface area contributed by atoms with E-state index in [1.165, 1.54) is 22.5 Å². The van der Waals surface area contributed by atoms with Gasteiger partial charge in [0.05, 0.1) is 4.90 Å². The van der Waals surface area contributed by atoms with Gasteiger partial charge in [-0.05, 0) is 44.5 Å². The Hall–Kier alpha value is -2.19. The lowest BCUT2D eigenvalue weighted by molar-refractivity contribution is -0.164. The zero-order valence-corrected chi connectivity index (χ0v) is 17.2. The van der Waals surface area contributed by atoms with Crippen molar-refractivity contribution in [3.05, 3.63) is 35.9 Å². The van der Waals surface area contributed by atoms with Crippen LogP contribution in [0.15, 0.2) is 35.2 Å². The van der Waals surface area contributed by atoms with Crippen LogP contribution in [0.5, 0.6) is 0 Å². The number of hydrogen-bond acceptors (Lipinski definition) is 6. The Balaban J connectivity index is 2.67. The molecule has 0 saturated heterocycles. The van der Waals surface area contributed by atoms with E-state index in [0.29, 0.717) is 18.7 Å². The molecule has 0 aliphatic rings. The molecule has 0 unspecified atom stereocenters. The highest BCUT2D eigenvalue weighted by molar-refractivity contribution is 7.89. The molecule has 27 heavy (non-hydrogen) atoms. The van der Waals surface area contributed by atoms with E-state index in [9.17, 15) is 18.0 Å². The summed E-state index contributed by atoms with van der Waals surface area (Å²) in [5.74, 6) is -1.32. The van der Waals surface area contributed by atoms with Crippen molar-refractivity contribution in [3.8, 4) is 0 Å². The van der Waals surface area contributed by atoms with E-state index in [0.717, 1.165) is 6.08 Å². The molecule has 0 atom stereocenters. The van der Waals surface area contributed by atoms with Crippen LogP contribution in [0.3, 0.4) is 0 Å². The first-order valence-electron chi connectivity index (χ1n) is 8.66. The second kappa shape index (κ2) is 9.66. The summed E-state index contributed by atoms with van der Waals surface area (Å²) >= 11 is 0. The zero-order chi connectivity index (χ0) is 20.7. The van der Waals surface area contributed by atoms with Crippen molar-refractivity contribution in [2.45, 2.75) is 45.1 Å². The van der Waals surface area contributed by atoms with Gasteiger partial charge in [-0.3, -0.25) is 0 Å². The first kappa shape index (κ1) is 22.9. The predicted octanol–water partition coefficient (Wildman–Crippen LogP) is 2.62. The van der Waals surface area contributed by atoms with Gasteiger partial charge < -0.3 is 9.47 Å². The molecule has 1 rings (SSSR count). The topological polar surface area (TPSA) is 90.0 Å². The average molecular weight is 397 g/mol. The van der Waals surface area contributed by atoms with E-state index in [1.54, 1.807) is 46.8 Å². The number of carbonyl (C=O) groups excluding carboxylic acids is 2. The maximum Gasteiger partial charge on any atom is 0.344 e. The van der Waals surface area contributed by atoms with E-state index in [1.807, 2.05) is 0 Å². The lowest BCUT2D eigenvalue weighted by Gasteiger charge is -2.19. The fourth-order valence-electron chi connectivity index (χ4n) is 2.18. The van der Waals surface area contributed by atoms with Gasteiger partial charge in [0.2, 0.25) is 10.0 Å².